The molecule has 0 aliphatic heterocycles. The summed E-state index contributed by atoms with van der Waals surface area (Å²) in [6.45, 7) is 22.7. The van der Waals surface area contributed by atoms with Crippen LogP contribution >= 0.6 is 12.4 Å². The van der Waals surface area contributed by atoms with Crippen molar-refractivity contribution < 1.29 is 28.9 Å². The predicted molar refractivity (Wildman–Crippen MR) is 320 cm³/mol. The van der Waals surface area contributed by atoms with Crippen molar-refractivity contribution in [2.24, 2.45) is 35.1 Å². The van der Waals surface area contributed by atoms with Gasteiger partial charge in [-0.15, -0.1) is 12.4 Å². The van der Waals surface area contributed by atoms with E-state index in [2.05, 4.69) is 62.7 Å². The minimum atomic E-state index is -0.820. The molecule has 8 N–H and O–H groups in total. The lowest BCUT2D eigenvalue weighted by atomic mass is 10.0. The van der Waals surface area contributed by atoms with Gasteiger partial charge in [-0.2, -0.15) is 0 Å². The maximum atomic E-state index is 11.4. The number of carbonyl (C=O) groups excluding carboxylic acids is 1. The molecular formula is C63H96ClN5O6. The average molecular weight is 1050 g/mol. The molecule has 75 heavy (non-hydrogen) atoms. The van der Waals surface area contributed by atoms with Crippen LogP contribution in [0.2, 0.25) is 0 Å². The first-order valence-electron chi connectivity index (χ1n) is 24.3. The lowest BCUT2D eigenvalue weighted by Gasteiger charge is -2.19. The molecule has 0 saturated carbocycles. The Hall–Kier alpha value is -6.21. The highest BCUT2D eigenvalue weighted by atomic mass is 35.5. The monoisotopic (exact) mass is 1050 g/mol. The lowest BCUT2D eigenvalue weighted by Crippen LogP contribution is -2.44. The Morgan fingerprint density at radius 1 is 0.413 bits per heavy atom. The van der Waals surface area contributed by atoms with Crippen molar-refractivity contribution in [1.29, 1.82) is 0 Å². The highest BCUT2D eigenvalue weighted by Crippen LogP contribution is 2.24. The van der Waals surface area contributed by atoms with E-state index in [-0.39, 0.29) is 65.9 Å². The van der Waals surface area contributed by atoms with Gasteiger partial charge in [0.1, 0.15) is 40.5 Å². The minimum absolute atomic E-state index is 0. The van der Waals surface area contributed by atoms with E-state index in [1.807, 2.05) is 186 Å². The second kappa shape index (κ2) is 40.1. The van der Waals surface area contributed by atoms with Crippen LogP contribution in [0.25, 0.3) is 0 Å². The molecule has 0 aliphatic rings. The van der Waals surface area contributed by atoms with Crippen molar-refractivity contribution in [3.63, 3.8) is 0 Å². The van der Waals surface area contributed by atoms with E-state index in [1.54, 1.807) is 0 Å². The summed E-state index contributed by atoms with van der Waals surface area (Å²) in [5, 5.41) is 18.9. The van der Waals surface area contributed by atoms with Crippen molar-refractivity contribution >= 4 is 24.3 Å². The first-order valence-corrected chi connectivity index (χ1v) is 24.3. The van der Waals surface area contributed by atoms with Gasteiger partial charge in [-0.25, -0.2) is 0 Å². The molecule has 416 valence electrons. The second-order valence-electron chi connectivity index (χ2n) is 18.6. The van der Waals surface area contributed by atoms with Gasteiger partial charge in [0.15, 0.2) is 0 Å². The number of para-hydroxylation sites is 3. The third-order valence-electron chi connectivity index (χ3n) is 11.3. The molecule has 6 aromatic rings. The van der Waals surface area contributed by atoms with Gasteiger partial charge in [0, 0.05) is 31.7 Å². The number of nitrogens with one attached hydrogen (secondary N) is 3. The number of carboxylic acid groups (broad SMARTS) is 1. The molecule has 0 radical (unpaired) electrons. The molecule has 1 amide bonds. The number of halogens is 1. The lowest BCUT2D eigenvalue weighted by molar-refractivity contribution is -0.140. The molecule has 11 nitrogen and oxygen atoms in total. The summed E-state index contributed by atoms with van der Waals surface area (Å²) in [7, 11) is 0. The molecular weight excluding hydrogens is 958 g/mol. The van der Waals surface area contributed by atoms with Crippen LogP contribution in [0.15, 0.2) is 164 Å². The number of amides is 1. The van der Waals surface area contributed by atoms with E-state index in [0.29, 0.717) is 37.0 Å². The van der Waals surface area contributed by atoms with E-state index >= 15 is 0 Å². The summed E-state index contributed by atoms with van der Waals surface area (Å²) < 4.78 is 17.2. The van der Waals surface area contributed by atoms with Crippen LogP contribution < -0.4 is 41.6 Å². The van der Waals surface area contributed by atoms with Crippen molar-refractivity contribution in [3.8, 4) is 34.5 Å². The van der Waals surface area contributed by atoms with Gasteiger partial charge >= 0.3 is 5.97 Å². The molecule has 4 atom stereocenters. The van der Waals surface area contributed by atoms with E-state index in [9.17, 15) is 9.59 Å². The van der Waals surface area contributed by atoms with Crippen molar-refractivity contribution in [3.05, 3.63) is 180 Å². The molecule has 6 aromatic carbocycles. The summed E-state index contributed by atoms with van der Waals surface area (Å²) in [5.74, 6) is 5.22. The summed E-state index contributed by atoms with van der Waals surface area (Å²) in [6.07, 6.45) is 0. The highest BCUT2D eigenvalue weighted by Gasteiger charge is 2.20. The van der Waals surface area contributed by atoms with Gasteiger partial charge in [-0.05, 0) is 127 Å². The third kappa shape index (κ3) is 30.1. The molecule has 0 heterocycles. The number of benzene rings is 6. The Bertz CT molecular complexity index is 2200. The maximum Gasteiger partial charge on any atom is 0.320 e. The summed E-state index contributed by atoms with van der Waals surface area (Å²) in [6, 6.07) is 52.8. The van der Waals surface area contributed by atoms with Crippen molar-refractivity contribution in [2.45, 2.75) is 143 Å². The molecule has 4 unspecified atom stereocenters. The fourth-order valence-electron chi connectivity index (χ4n) is 6.14. The topological polar surface area (TPSA) is 170 Å². The minimum Gasteiger partial charge on any atom is -0.480 e. The number of carboxylic acids is 1. The second-order valence-corrected chi connectivity index (χ2v) is 18.6. The Kier molecular flexibility index (Phi) is 39.1. The Balaban J connectivity index is -0.000000952. The molecule has 0 spiro atoms. The molecule has 0 aromatic heterocycles. The highest BCUT2D eigenvalue weighted by molar-refractivity contribution is 5.85. The molecule has 12 heteroatoms. The molecule has 0 saturated heterocycles. The van der Waals surface area contributed by atoms with Gasteiger partial charge < -0.3 is 46.7 Å². The predicted octanol–water partition coefficient (Wildman–Crippen LogP) is 15.3. The van der Waals surface area contributed by atoms with Gasteiger partial charge in [-0.3, -0.25) is 9.59 Å². The fraction of sp³-hybridized carbons (Fsp3) is 0.397. The van der Waals surface area contributed by atoms with Crippen LogP contribution in [0.3, 0.4) is 0 Å². The van der Waals surface area contributed by atoms with Crippen molar-refractivity contribution in [1.82, 2.24) is 16.0 Å². The average Bonchev–Trinajstić information content (AvgIpc) is 3.33. The standard InChI is InChI=1S/C18H22N2O2.C18H21NO3.C18H23NO.C5H13N.4CH4.ClH/c1-13(2)17(18(19)21)20-12-14-8-10-16(11-9-14)22-15-6-4-3-5-7-15;1-13(2)17(18(20)21)19-12-14-8-10-16(11-9-14)22-15-6-4-3-5-7-15;1-14(2)15(3)19-13-16-9-11-18(12-10-16)20-17-7-5-4-6-8-17;1-4(2)5(3)6;;;;;/h3-11,13,17,20H,12H2,1-2H3,(H2,19,21);3-11,13,17,19H,12H2,1-2H3,(H,20,21);4-12,14-15,19H,13H2,1-3H3;4-5H,6H2,1-3H3;4*1H4;1H. The van der Waals surface area contributed by atoms with E-state index in [1.165, 1.54) is 5.56 Å². The summed E-state index contributed by atoms with van der Waals surface area (Å²) in [5.41, 5.74) is 14.2. The van der Waals surface area contributed by atoms with Crippen LogP contribution in [0.5, 0.6) is 34.5 Å². The number of nitrogens with two attached hydrogens (primary N) is 2. The quantitative estimate of drug-likeness (QED) is 0.0408. The Morgan fingerprint density at radius 3 is 0.893 bits per heavy atom. The van der Waals surface area contributed by atoms with Gasteiger partial charge in [0.2, 0.25) is 5.91 Å². The largest absolute Gasteiger partial charge is 0.480 e. The first kappa shape index (κ1) is 73.0. The van der Waals surface area contributed by atoms with Gasteiger partial charge in [0.25, 0.3) is 0 Å². The number of carbonyl (C=O) groups is 2. The SMILES string of the molecule is C.C.C.C.CC(C)C(C)N.CC(C)C(C)NCc1ccc(Oc2ccccc2)cc1.CC(C)C(NCc1ccc(Oc2ccccc2)cc1)C(=O)O.CC(C)C(NCc1ccc(Oc2ccccc2)cc1)C(N)=O.Cl. The Morgan fingerprint density at radius 2 is 0.667 bits per heavy atom. The molecule has 0 bridgehead atoms. The zero-order valence-corrected chi connectivity index (χ0v) is 44.2. The zero-order chi connectivity index (χ0) is 51.4. The van der Waals surface area contributed by atoms with Crippen LogP contribution in [0, 0.1) is 23.7 Å². The van der Waals surface area contributed by atoms with Gasteiger partial charge in [-0.1, -0.05) is 176 Å². The number of primary amides is 1. The first-order chi connectivity index (χ1) is 33.4. The van der Waals surface area contributed by atoms with Crippen LogP contribution in [-0.4, -0.2) is 41.2 Å². The van der Waals surface area contributed by atoms with Crippen LogP contribution in [0.1, 0.15) is 116 Å². The molecule has 0 aliphatic carbocycles. The summed E-state index contributed by atoms with van der Waals surface area (Å²) >= 11 is 0. The molecule has 6 rings (SSSR count). The normalized spacial score (nSPS) is 11.7. The Labute approximate surface area is 460 Å². The van der Waals surface area contributed by atoms with Crippen LogP contribution in [-0.2, 0) is 29.2 Å². The number of aliphatic carboxylic acids is 1. The van der Waals surface area contributed by atoms with E-state index < -0.39 is 12.0 Å². The molecule has 0 fully saturated rings. The fourth-order valence-corrected chi connectivity index (χ4v) is 6.14. The number of rotatable bonds is 21. The number of hydrogen-bond donors (Lipinski definition) is 6. The number of ether oxygens (including phenoxy) is 3. The van der Waals surface area contributed by atoms with Crippen molar-refractivity contribution in [2.75, 3.05) is 0 Å². The smallest absolute Gasteiger partial charge is 0.320 e. The van der Waals surface area contributed by atoms with Gasteiger partial charge in [0.05, 0.1) is 6.04 Å². The number of hydrogen-bond acceptors (Lipinski definition) is 9. The van der Waals surface area contributed by atoms with Crippen LogP contribution in [0.4, 0.5) is 0 Å². The zero-order valence-electron chi connectivity index (χ0n) is 43.4. The third-order valence-corrected chi connectivity index (χ3v) is 11.3. The van der Waals surface area contributed by atoms with E-state index in [4.69, 9.17) is 30.8 Å². The maximum absolute atomic E-state index is 11.4. The summed E-state index contributed by atoms with van der Waals surface area (Å²) in [4.78, 5) is 22.5. The van der Waals surface area contributed by atoms with E-state index in [0.717, 1.165) is 52.2 Å².